The zero-order valence-electron chi connectivity index (χ0n) is 13.6. The molecule has 0 bridgehead atoms. The first kappa shape index (κ1) is 17.6. The van der Waals surface area contributed by atoms with E-state index in [4.69, 9.17) is 4.74 Å². The van der Waals surface area contributed by atoms with Crippen LogP contribution < -0.4 is 10.6 Å². The van der Waals surface area contributed by atoms with E-state index in [1.54, 1.807) is 36.4 Å². The number of rotatable bonds is 5. The molecule has 1 fully saturated rings. The molecule has 0 spiro atoms. The molecule has 2 aromatic carbocycles. The van der Waals surface area contributed by atoms with Crippen molar-refractivity contribution in [3.63, 3.8) is 0 Å². The Morgan fingerprint density at radius 1 is 1.00 bits per heavy atom. The van der Waals surface area contributed by atoms with Crippen LogP contribution in [0.1, 0.15) is 33.6 Å². The molecule has 0 aromatic heterocycles. The lowest BCUT2D eigenvalue weighted by Gasteiger charge is -2.11. The molecule has 0 unspecified atom stereocenters. The molecule has 1 aliphatic heterocycles. The lowest BCUT2D eigenvalue weighted by molar-refractivity contribution is 0.0857. The number of nitrogens with one attached hydrogen (secondary N) is 2. The summed E-state index contributed by atoms with van der Waals surface area (Å²) in [7, 11) is 0. The van der Waals surface area contributed by atoms with E-state index in [1.165, 1.54) is 0 Å². The molecule has 25 heavy (non-hydrogen) atoms. The van der Waals surface area contributed by atoms with Crippen molar-refractivity contribution in [1.29, 1.82) is 0 Å². The molecule has 0 aliphatic carbocycles. The van der Waals surface area contributed by atoms with Gasteiger partial charge in [0.15, 0.2) is 0 Å². The van der Waals surface area contributed by atoms with E-state index >= 15 is 0 Å². The molecule has 1 aliphatic rings. The van der Waals surface area contributed by atoms with Crippen LogP contribution in [0.2, 0.25) is 0 Å². The van der Waals surface area contributed by atoms with Gasteiger partial charge in [-0.05, 0) is 61.4 Å². The van der Waals surface area contributed by atoms with E-state index in [0.29, 0.717) is 23.4 Å². The number of carbonyl (C=O) groups excluding carboxylic acids is 2. The Hall–Kier alpha value is -2.18. The first-order valence-corrected chi connectivity index (χ1v) is 8.98. The Morgan fingerprint density at radius 3 is 2.28 bits per heavy atom. The van der Waals surface area contributed by atoms with Crippen molar-refractivity contribution in [2.75, 3.05) is 18.5 Å². The molecule has 2 aromatic rings. The van der Waals surface area contributed by atoms with Gasteiger partial charge in [0.2, 0.25) is 0 Å². The summed E-state index contributed by atoms with van der Waals surface area (Å²) >= 11 is 3.34. The molecule has 2 amide bonds. The van der Waals surface area contributed by atoms with E-state index in [1.807, 2.05) is 12.1 Å². The average molecular weight is 403 g/mol. The Balaban J connectivity index is 1.55. The van der Waals surface area contributed by atoms with Gasteiger partial charge in [-0.15, -0.1) is 0 Å². The minimum atomic E-state index is -0.192. The van der Waals surface area contributed by atoms with Gasteiger partial charge in [0.25, 0.3) is 11.8 Å². The van der Waals surface area contributed by atoms with Crippen molar-refractivity contribution in [2.24, 2.45) is 0 Å². The highest BCUT2D eigenvalue weighted by atomic mass is 79.9. The summed E-state index contributed by atoms with van der Waals surface area (Å²) in [6.45, 7) is 1.30. The fraction of sp³-hybridized carbons (Fsp3) is 0.263. The van der Waals surface area contributed by atoms with Gasteiger partial charge in [0.1, 0.15) is 0 Å². The average Bonchev–Trinajstić information content (AvgIpc) is 3.14. The molecule has 6 heteroatoms. The quantitative estimate of drug-likeness (QED) is 0.802. The lowest BCUT2D eigenvalue weighted by Crippen LogP contribution is -2.31. The van der Waals surface area contributed by atoms with Crippen molar-refractivity contribution in [1.82, 2.24) is 5.32 Å². The monoisotopic (exact) mass is 402 g/mol. The maximum Gasteiger partial charge on any atom is 0.255 e. The van der Waals surface area contributed by atoms with Crippen molar-refractivity contribution in [2.45, 2.75) is 18.9 Å². The number of amides is 2. The van der Waals surface area contributed by atoms with Crippen LogP contribution in [0.3, 0.4) is 0 Å². The van der Waals surface area contributed by atoms with Crippen LogP contribution in [0.15, 0.2) is 53.0 Å². The molecule has 1 heterocycles. The van der Waals surface area contributed by atoms with Gasteiger partial charge in [-0.25, -0.2) is 0 Å². The summed E-state index contributed by atoms with van der Waals surface area (Å²) in [6, 6.07) is 13.9. The van der Waals surface area contributed by atoms with Crippen LogP contribution in [0, 0.1) is 0 Å². The first-order chi connectivity index (χ1) is 12.1. The highest BCUT2D eigenvalue weighted by Gasteiger charge is 2.16. The van der Waals surface area contributed by atoms with Crippen molar-refractivity contribution >= 4 is 33.4 Å². The second kappa shape index (κ2) is 8.27. The molecule has 2 N–H and O–H groups in total. The minimum Gasteiger partial charge on any atom is -0.376 e. The Morgan fingerprint density at radius 2 is 1.64 bits per heavy atom. The van der Waals surface area contributed by atoms with Crippen LogP contribution in [0.25, 0.3) is 0 Å². The molecule has 3 rings (SSSR count). The fourth-order valence-corrected chi connectivity index (χ4v) is 2.89. The highest BCUT2D eigenvalue weighted by Crippen LogP contribution is 2.15. The smallest absolute Gasteiger partial charge is 0.255 e. The van der Waals surface area contributed by atoms with Crippen molar-refractivity contribution in [3.8, 4) is 0 Å². The van der Waals surface area contributed by atoms with Gasteiger partial charge >= 0.3 is 0 Å². The number of hydrogen-bond acceptors (Lipinski definition) is 3. The maximum absolute atomic E-state index is 12.2. The van der Waals surface area contributed by atoms with Crippen molar-refractivity contribution < 1.29 is 14.3 Å². The number of halogens is 1. The van der Waals surface area contributed by atoms with E-state index in [-0.39, 0.29) is 17.9 Å². The van der Waals surface area contributed by atoms with Crippen LogP contribution >= 0.6 is 15.9 Å². The van der Waals surface area contributed by atoms with Gasteiger partial charge in [0, 0.05) is 34.4 Å². The zero-order valence-corrected chi connectivity index (χ0v) is 15.2. The third-order valence-electron chi connectivity index (χ3n) is 4.03. The minimum absolute atomic E-state index is 0.119. The molecule has 130 valence electrons. The van der Waals surface area contributed by atoms with Crippen LogP contribution in [-0.2, 0) is 4.74 Å². The van der Waals surface area contributed by atoms with Gasteiger partial charge in [-0.2, -0.15) is 0 Å². The second-order valence-corrected chi connectivity index (χ2v) is 6.80. The Labute approximate surface area is 154 Å². The van der Waals surface area contributed by atoms with Crippen LogP contribution in [-0.4, -0.2) is 31.1 Å². The standard InChI is InChI=1S/C19H19BrN2O3/c20-15-7-3-14(4-8-15)19(24)22-16-9-5-13(6-10-16)18(23)21-12-17-2-1-11-25-17/h3-10,17H,1-2,11-12H2,(H,21,23)(H,22,24)/t17-/m1/s1. The molecular formula is C19H19BrN2O3. The van der Waals surface area contributed by atoms with Gasteiger partial charge in [-0.1, -0.05) is 15.9 Å². The normalized spacial score (nSPS) is 16.4. The summed E-state index contributed by atoms with van der Waals surface area (Å²) in [6.07, 6.45) is 2.16. The third-order valence-corrected chi connectivity index (χ3v) is 4.55. The topological polar surface area (TPSA) is 67.4 Å². The number of carbonyl (C=O) groups is 2. The van der Waals surface area contributed by atoms with E-state index in [9.17, 15) is 9.59 Å². The fourth-order valence-electron chi connectivity index (χ4n) is 2.62. The Bertz CT molecular complexity index is 738. The van der Waals surface area contributed by atoms with Crippen LogP contribution in [0.5, 0.6) is 0 Å². The molecular weight excluding hydrogens is 384 g/mol. The summed E-state index contributed by atoms with van der Waals surface area (Å²) in [5.41, 5.74) is 1.77. The molecule has 1 saturated heterocycles. The molecule has 5 nitrogen and oxygen atoms in total. The first-order valence-electron chi connectivity index (χ1n) is 8.18. The summed E-state index contributed by atoms with van der Waals surface area (Å²) < 4.78 is 6.41. The highest BCUT2D eigenvalue weighted by molar-refractivity contribution is 9.10. The van der Waals surface area contributed by atoms with Gasteiger partial charge in [-0.3, -0.25) is 9.59 Å². The summed E-state index contributed by atoms with van der Waals surface area (Å²) in [5.74, 6) is -0.329. The SMILES string of the molecule is O=C(NC[C@H]1CCCO1)c1ccc(NC(=O)c2ccc(Br)cc2)cc1. The number of anilines is 1. The maximum atomic E-state index is 12.2. The van der Waals surface area contributed by atoms with E-state index < -0.39 is 0 Å². The Kier molecular flexibility index (Phi) is 5.83. The number of ether oxygens (including phenoxy) is 1. The van der Waals surface area contributed by atoms with Crippen LogP contribution in [0.4, 0.5) is 5.69 Å². The molecule has 1 atom stereocenters. The predicted molar refractivity (Wildman–Crippen MR) is 99.8 cm³/mol. The predicted octanol–water partition coefficient (Wildman–Crippen LogP) is 3.61. The number of benzene rings is 2. The van der Waals surface area contributed by atoms with E-state index in [2.05, 4.69) is 26.6 Å². The number of hydrogen-bond donors (Lipinski definition) is 2. The lowest BCUT2D eigenvalue weighted by atomic mass is 10.1. The second-order valence-electron chi connectivity index (χ2n) is 5.88. The molecule has 0 radical (unpaired) electrons. The zero-order chi connectivity index (χ0) is 17.6. The molecule has 0 saturated carbocycles. The summed E-state index contributed by atoms with van der Waals surface area (Å²) in [5, 5.41) is 5.69. The van der Waals surface area contributed by atoms with Crippen molar-refractivity contribution in [3.05, 3.63) is 64.1 Å². The van der Waals surface area contributed by atoms with Gasteiger partial charge < -0.3 is 15.4 Å². The van der Waals surface area contributed by atoms with Gasteiger partial charge in [0.05, 0.1) is 6.10 Å². The summed E-state index contributed by atoms with van der Waals surface area (Å²) in [4.78, 5) is 24.3. The third kappa shape index (κ3) is 4.90. The largest absolute Gasteiger partial charge is 0.376 e. The van der Waals surface area contributed by atoms with E-state index in [0.717, 1.165) is 23.9 Å².